The minimum atomic E-state index is -0.684. The van der Waals surface area contributed by atoms with Gasteiger partial charge in [0.15, 0.2) is 17.3 Å². The van der Waals surface area contributed by atoms with Gasteiger partial charge < -0.3 is 14.4 Å². The van der Waals surface area contributed by atoms with Crippen molar-refractivity contribution in [1.29, 1.82) is 0 Å². The third kappa shape index (κ3) is 3.54. The Morgan fingerprint density at radius 3 is 2.79 bits per heavy atom. The van der Waals surface area contributed by atoms with E-state index >= 15 is 0 Å². The summed E-state index contributed by atoms with van der Waals surface area (Å²) >= 11 is 5.91. The molecule has 0 aromatic heterocycles. The molecule has 0 spiro atoms. The minimum Gasteiger partial charge on any atom is -0.489 e. The molecule has 28 heavy (non-hydrogen) atoms. The van der Waals surface area contributed by atoms with Crippen LogP contribution >= 0.6 is 11.6 Å². The summed E-state index contributed by atoms with van der Waals surface area (Å²) in [4.78, 5) is 25.6. The zero-order valence-electron chi connectivity index (χ0n) is 14.7. The van der Waals surface area contributed by atoms with Gasteiger partial charge in [-0.3, -0.25) is 9.59 Å². The highest BCUT2D eigenvalue weighted by atomic mass is 35.5. The molecular weight excluding hydrogens is 392 g/mol. The maximum Gasteiger partial charge on any atom is 0.256 e. The fraction of sp³-hybridized carbons (Fsp3) is 0.300. The number of carbonyl (C=O) groups excluding carboxylic acids is 2. The molecule has 2 heterocycles. The molecule has 146 valence electrons. The summed E-state index contributed by atoms with van der Waals surface area (Å²) in [6.45, 7) is 0.826. The van der Waals surface area contributed by atoms with Crippen molar-refractivity contribution in [2.75, 3.05) is 26.3 Å². The molecule has 2 aliphatic rings. The lowest BCUT2D eigenvalue weighted by Crippen LogP contribution is -2.52. The van der Waals surface area contributed by atoms with Gasteiger partial charge >= 0.3 is 0 Å². The third-order valence-electron chi connectivity index (χ3n) is 4.78. The van der Waals surface area contributed by atoms with Gasteiger partial charge in [0, 0.05) is 37.1 Å². The quantitative estimate of drug-likeness (QED) is 0.780. The molecular formula is C20H16ClF2NO4. The predicted molar refractivity (Wildman–Crippen MR) is 96.9 cm³/mol. The Morgan fingerprint density at radius 2 is 2.04 bits per heavy atom. The largest absolute Gasteiger partial charge is 0.489 e. The van der Waals surface area contributed by atoms with Crippen molar-refractivity contribution >= 4 is 23.3 Å². The first-order valence-corrected chi connectivity index (χ1v) is 9.13. The molecule has 2 aromatic carbocycles. The van der Waals surface area contributed by atoms with Crippen molar-refractivity contribution < 1.29 is 27.8 Å². The lowest BCUT2D eigenvalue weighted by molar-refractivity contribution is -0.121. The summed E-state index contributed by atoms with van der Waals surface area (Å²) in [7, 11) is 0. The monoisotopic (exact) mass is 407 g/mol. The number of hydrogen-bond acceptors (Lipinski definition) is 4. The fourth-order valence-corrected chi connectivity index (χ4v) is 3.51. The van der Waals surface area contributed by atoms with Gasteiger partial charge in [0.1, 0.15) is 18.2 Å². The normalized spacial score (nSPS) is 16.2. The van der Waals surface area contributed by atoms with Crippen molar-refractivity contribution in [1.82, 2.24) is 4.90 Å². The molecule has 2 aromatic rings. The number of ketones is 1. The number of rotatable bonds is 4. The number of fused-ring (bicyclic) bond motifs is 1. The van der Waals surface area contributed by atoms with Gasteiger partial charge in [0.05, 0.1) is 17.2 Å². The highest BCUT2D eigenvalue weighted by Gasteiger charge is 2.34. The number of likely N-dealkylation sites (tertiary alicyclic amines) is 1. The van der Waals surface area contributed by atoms with Crippen LogP contribution in [-0.2, 0) is 11.2 Å². The Kier molecular flexibility index (Phi) is 4.93. The van der Waals surface area contributed by atoms with Crippen molar-refractivity contribution in [3.8, 4) is 11.5 Å². The minimum absolute atomic E-state index is 0.00905. The molecule has 0 N–H and O–H groups in total. The maximum absolute atomic E-state index is 14.3. The average Bonchev–Trinajstić information content (AvgIpc) is 2.62. The standard InChI is InChI=1S/C20H16ClF2NO4/c21-15-2-1-3-16(22)19(15)28-9-11-7-24(8-11)20(26)14-5-12-4-13(25)10-27-18(12)6-17(14)23/h1-3,5-6,11H,4,7-10H2. The first-order valence-electron chi connectivity index (χ1n) is 8.75. The first-order chi connectivity index (χ1) is 13.4. The number of carbonyl (C=O) groups is 2. The maximum atomic E-state index is 14.3. The molecule has 5 nitrogen and oxygen atoms in total. The van der Waals surface area contributed by atoms with Gasteiger partial charge in [-0.2, -0.15) is 0 Å². The zero-order chi connectivity index (χ0) is 19.8. The van der Waals surface area contributed by atoms with Gasteiger partial charge in [-0.25, -0.2) is 8.78 Å². The summed E-state index contributed by atoms with van der Waals surface area (Å²) < 4.78 is 38.6. The van der Waals surface area contributed by atoms with Crippen LogP contribution in [0.15, 0.2) is 30.3 Å². The van der Waals surface area contributed by atoms with E-state index in [-0.39, 0.29) is 47.7 Å². The Bertz CT molecular complexity index is 939. The van der Waals surface area contributed by atoms with Crippen LogP contribution in [0.4, 0.5) is 8.78 Å². The molecule has 1 fully saturated rings. The Balaban J connectivity index is 1.38. The van der Waals surface area contributed by atoms with E-state index in [1.54, 1.807) is 0 Å². The molecule has 1 amide bonds. The van der Waals surface area contributed by atoms with E-state index in [0.717, 1.165) is 6.07 Å². The highest BCUT2D eigenvalue weighted by Crippen LogP contribution is 2.31. The molecule has 0 saturated carbocycles. The molecule has 0 unspecified atom stereocenters. The van der Waals surface area contributed by atoms with Crippen LogP contribution in [0, 0.1) is 17.6 Å². The smallest absolute Gasteiger partial charge is 0.256 e. The zero-order valence-corrected chi connectivity index (χ0v) is 15.5. The Hall–Kier alpha value is -2.67. The average molecular weight is 408 g/mol. The second-order valence-corrected chi connectivity index (χ2v) is 7.29. The van der Waals surface area contributed by atoms with E-state index in [1.165, 1.54) is 29.2 Å². The molecule has 0 atom stereocenters. The summed E-state index contributed by atoms with van der Waals surface area (Å²) in [6, 6.07) is 6.80. The number of nitrogens with zero attached hydrogens (tertiary/aromatic N) is 1. The fourth-order valence-electron chi connectivity index (χ4n) is 3.29. The van der Waals surface area contributed by atoms with E-state index in [9.17, 15) is 18.4 Å². The summed E-state index contributed by atoms with van der Waals surface area (Å²) in [5.74, 6) is -1.54. The van der Waals surface area contributed by atoms with E-state index < -0.39 is 17.5 Å². The second kappa shape index (κ2) is 7.39. The lowest BCUT2D eigenvalue weighted by atomic mass is 9.97. The van der Waals surface area contributed by atoms with Crippen molar-refractivity contribution in [2.24, 2.45) is 5.92 Å². The molecule has 4 rings (SSSR count). The molecule has 0 aliphatic carbocycles. The second-order valence-electron chi connectivity index (χ2n) is 6.88. The summed E-state index contributed by atoms with van der Waals surface area (Å²) in [5.41, 5.74) is 0.421. The number of amides is 1. The van der Waals surface area contributed by atoms with Crippen LogP contribution in [0.5, 0.6) is 11.5 Å². The predicted octanol–water partition coefficient (Wildman–Crippen LogP) is 3.27. The van der Waals surface area contributed by atoms with Gasteiger partial charge in [-0.15, -0.1) is 0 Å². The van der Waals surface area contributed by atoms with Crippen LogP contribution in [0.25, 0.3) is 0 Å². The number of Topliss-reactive ketones (excluding diaryl/α,β-unsaturated/α-hetero) is 1. The first kappa shape index (κ1) is 18.7. The van der Waals surface area contributed by atoms with E-state index in [4.69, 9.17) is 21.1 Å². The van der Waals surface area contributed by atoms with Crippen molar-refractivity contribution in [3.63, 3.8) is 0 Å². The van der Waals surface area contributed by atoms with Gasteiger partial charge in [-0.1, -0.05) is 17.7 Å². The van der Waals surface area contributed by atoms with Crippen molar-refractivity contribution in [3.05, 3.63) is 58.1 Å². The van der Waals surface area contributed by atoms with E-state index in [1.807, 2.05) is 0 Å². The van der Waals surface area contributed by atoms with Crippen LogP contribution in [-0.4, -0.2) is 42.9 Å². The number of para-hydroxylation sites is 1. The molecule has 8 heteroatoms. The van der Waals surface area contributed by atoms with Crippen molar-refractivity contribution in [2.45, 2.75) is 6.42 Å². The SMILES string of the molecule is O=C1COc2cc(F)c(C(=O)N3CC(COc4c(F)cccc4Cl)C3)cc2C1. The number of hydrogen-bond donors (Lipinski definition) is 0. The number of benzene rings is 2. The molecule has 2 aliphatic heterocycles. The van der Waals surface area contributed by atoms with Crippen LogP contribution in [0.2, 0.25) is 5.02 Å². The topological polar surface area (TPSA) is 55.8 Å². The Labute approximate surface area is 164 Å². The Morgan fingerprint density at radius 1 is 1.25 bits per heavy atom. The van der Waals surface area contributed by atoms with E-state index in [2.05, 4.69) is 0 Å². The van der Waals surface area contributed by atoms with Crippen LogP contribution in [0.1, 0.15) is 15.9 Å². The molecule has 1 saturated heterocycles. The van der Waals surface area contributed by atoms with Gasteiger partial charge in [0.2, 0.25) is 0 Å². The molecule has 0 radical (unpaired) electrons. The summed E-state index contributed by atoms with van der Waals surface area (Å²) in [6.07, 6.45) is 0.121. The van der Waals surface area contributed by atoms with Gasteiger partial charge in [0.25, 0.3) is 5.91 Å². The number of halogens is 3. The lowest BCUT2D eigenvalue weighted by Gasteiger charge is -2.39. The van der Waals surface area contributed by atoms with Crippen LogP contribution in [0.3, 0.4) is 0 Å². The third-order valence-corrected chi connectivity index (χ3v) is 5.08. The number of ether oxygens (including phenoxy) is 2. The summed E-state index contributed by atoms with van der Waals surface area (Å²) in [5, 5.41) is 0.181. The van der Waals surface area contributed by atoms with Crippen LogP contribution < -0.4 is 9.47 Å². The van der Waals surface area contributed by atoms with E-state index in [0.29, 0.717) is 24.4 Å². The highest BCUT2D eigenvalue weighted by molar-refractivity contribution is 6.32. The van der Waals surface area contributed by atoms with Gasteiger partial charge in [-0.05, 0) is 18.2 Å². The molecule has 0 bridgehead atoms.